The first-order valence-corrected chi connectivity index (χ1v) is 6.77. The Bertz CT molecular complexity index is 596. The molecule has 1 aromatic carbocycles. The van der Waals surface area contributed by atoms with Gasteiger partial charge in [0, 0.05) is 21.6 Å². The van der Waals surface area contributed by atoms with Crippen LogP contribution in [0.2, 0.25) is 5.02 Å². The number of alkyl halides is 2. The molecule has 0 saturated carbocycles. The zero-order valence-corrected chi connectivity index (χ0v) is 12.8. The third kappa shape index (κ3) is 2.50. The number of aromatic amines is 1. The molecule has 0 unspecified atom stereocenters. The number of rotatable bonds is 2. The molecule has 1 nitrogen and oxygen atoms in total. The molecule has 0 atom stereocenters. The predicted molar refractivity (Wildman–Crippen MR) is 80.2 cm³/mol. The summed E-state index contributed by atoms with van der Waals surface area (Å²) in [4.78, 5) is 3.11. The SMILES string of the molecule is C=C(c1c[nH]c2c(Cl)cc(Br)cc12)C(C)(Cl)Cl. The Morgan fingerprint density at radius 3 is 2.65 bits per heavy atom. The Morgan fingerprint density at radius 1 is 1.41 bits per heavy atom. The van der Waals surface area contributed by atoms with Crippen molar-refractivity contribution in [2.24, 2.45) is 0 Å². The number of allylic oxidation sites excluding steroid dienone is 1. The lowest BCUT2D eigenvalue weighted by Gasteiger charge is -2.16. The maximum absolute atomic E-state index is 6.14. The molecule has 1 N–H and O–H groups in total. The summed E-state index contributed by atoms with van der Waals surface area (Å²) in [6.45, 7) is 5.63. The topological polar surface area (TPSA) is 15.8 Å². The summed E-state index contributed by atoms with van der Waals surface area (Å²) >= 11 is 21.7. The fourth-order valence-corrected chi connectivity index (χ4v) is 2.71. The van der Waals surface area contributed by atoms with Crippen molar-refractivity contribution in [3.05, 3.63) is 40.0 Å². The monoisotopic (exact) mass is 351 g/mol. The maximum Gasteiger partial charge on any atom is 0.140 e. The lowest BCUT2D eigenvalue weighted by Crippen LogP contribution is -2.07. The van der Waals surface area contributed by atoms with Crippen molar-refractivity contribution in [3.63, 3.8) is 0 Å². The average Bonchev–Trinajstić information content (AvgIpc) is 2.58. The van der Waals surface area contributed by atoms with Gasteiger partial charge in [-0.15, -0.1) is 0 Å². The molecule has 0 bridgehead atoms. The van der Waals surface area contributed by atoms with Gasteiger partial charge in [-0.25, -0.2) is 0 Å². The Morgan fingerprint density at radius 2 is 2.06 bits per heavy atom. The van der Waals surface area contributed by atoms with E-state index in [1.54, 1.807) is 6.92 Å². The van der Waals surface area contributed by atoms with Crippen LogP contribution in [0.5, 0.6) is 0 Å². The van der Waals surface area contributed by atoms with E-state index in [0.717, 1.165) is 20.9 Å². The Hall–Kier alpha value is -0.150. The summed E-state index contributed by atoms with van der Waals surface area (Å²) in [5.41, 5.74) is 2.36. The van der Waals surface area contributed by atoms with Crippen LogP contribution in [0.1, 0.15) is 12.5 Å². The van der Waals surface area contributed by atoms with E-state index in [4.69, 9.17) is 34.8 Å². The van der Waals surface area contributed by atoms with Crippen LogP contribution in [0.15, 0.2) is 29.4 Å². The van der Waals surface area contributed by atoms with Gasteiger partial charge in [-0.05, 0) is 24.6 Å². The van der Waals surface area contributed by atoms with Crippen molar-refractivity contribution in [3.8, 4) is 0 Å². The normalized spacial score (nSPS) is 12.1. The van der Waals surface area contributed by atoms with E-state index < -0.39 is 4.33 Å². The predicted octanol–water partition coefficient (Wildman–Crippen LogP) is 5.79. The molecule has 1 aromatic heterocycles. The van der Waals surface area contributed by atoms with Gasteiger partial charge in [0.1, 0.15) is 4.33 Å². The van der Waals surface area contributed by atoms with E-state index in [2.05, 4.69) is 27.5 Å². The zero-order valence-electron chi connectivity index (χ0n) is 8.95. The minimum absolute atomic E-state index is 0.638. The Labute approximate surface area is 123 Å². The summed E-state index contributed by atoms with van der Waals surface area (Å²) in [7, 11) is 0. The van der Waals surface area contributed by atoms with Gasteiger partial charge in [0.2, 0.25) is 0 Å². The molecule has 0 aliphatic heterocycles. The van der Waals surface area contributed by atoms with Crippen LogP contribution < -0.4 is 0 Å². The standard InChI is InChI=1S/C12H9BrCl3N/c1-6(12(2,15)16)9-5-17-11-8(9)3-7(13)4-10(11)14/h3-5,17H,1H2,2H3. The molecule has 1 heterocycles. The molecule has 2 aromatic rings. The second-order valence-corrected chi connectivity index (χ2v) is 6.91. The summed E-state index contributed by atoms with van der Waals surface area (Å²) in [6, 6.07) is 3.78. The minimum atomic E-state index is -1.01. The molecule has 0 fully saturated rings. The third-order valence-corrected chi connectivity index (χ3v) is 3.77. The molecule has 0 spiro atoms. The number of halogens is 4. The third-order valence-electron chi connectivity index (χ3n) is 2.56. The van der Waals surface area contributed by atoms with Crippen LogP contribution >= 0.6 is 50.7 Å². The Kier molecular flexibility index (Phi) is 3.52. The highest BCUT2D eigenvalue weighted by molar-refractivity contribution is 9.10. The van der Waals surface area contributed by atoms with Crippen molar-refractivity contribution in [2.45, 2.75) is 11.3 Å². The van der Waals surface area contributed by atoms with Gasteiger partial charge in [-0.2, -0.15) is 0 Å². The van der Waals surface area contributed by atoms with Crippen molar-refractivity contribution in [1.29, 1.82) is 0 Å². The second-order valence-electron chi connectivity index (χ2n) is 3.88. The molecule has 90 valence electrons. The van der Waals surface area contributed by atoms with Crippen LogP contribution in [0.3, 0.4) is 0 Å². The summed E-state index contributed by atoms with van der Waals surface area (Å²) in [6.07, 6.45) is 1.81. The molecular weight excluding hydrogens is 344 g/mol. The van der Waals surface area contributed by atoms with Crippen LogP contribution in [0, 0.1) is 0 Å². The van der Waals surface area contributed by atoms with Gasteiger partial charge in [-0.1, -0.05) is 57.3 Å². The average molecular weight is 353 g/mol. The van der Waals surface area contributed by atoms with Gasteiger partial charge in [0.15, 0.2) is 0 Å². The first-order valence-electron chi connectivity index (χ1n) is 4.84. The van der Waals surface area contributed by atoms with Crippen LogP contribution in [-0.4, -0.2) is 9.32 Å². The van der Waals surface area contributed by atoms with E-state index >= 15 is 0 Å². The zero-order chi connectivity index (χ0) is 12.8. The second kappa shape index (κ2) is 4.51. The number of hydrogen-bond donors (Lipinski definition) is 1. The summed E-state index contributed by atoms with van der Waals surface area (Å²) in [5.74, 6) is 0. The van der Waals surface area contributed by atoms with Gasteiger partial charge < -0.3 is 4.98 Å². The summed E-state index contributed by atoms with van der Waals surface area (Å²) in [5, 5.41) is 1.58. The largest absolute Gasteiger partial charge is 0.359 e. The van der Waals surface area contributed by atoms with Gasteiger partial charge in [-0.3, -0.25) is 0 Å². The van der Waals surface area contributed by atoms with E-state index in [0.29, 0.717) is 10.6 Å². The number of H-pyrrole nitrogens is 1. The minimum Gasteiger partial charge on any atom is -0.359 e. The number of aromatic nitrogens is 1. The number of fused-ring (bicyclic) bond motifs is 1. The lowest BCUT2D eigenvalue weighted by atomic mass is 10.0. The van der Waals surface area contributed by atoms with Gasteiger partial charge in [0.25, 0.3) is 0 Å². The van der Waals surface area contributed by atoms with Gasteiger partial charge in [0.05, 0.1) is 10.5 Å². The van der Waals surface area contributed by atoms with E-state index in [-0.39, 0.29) is 0 Å². The molecule has 0 amide bonds. The fraction of sp³-hybridized carbons (Fsp3) is 0.167. The van der Waals surface area contributed by atoms with Gasteiger partial charge >= 0.3 is 0 Å². The highest BCUT2D eigenvalue weighted by atomic mass is 79.9. The van der Waals surface area contributed by atoms with Crippen LogP contribution in [-0.2, 0) is 0 Å². The first kappa shape index (κ1) is 13.3. The summed E-state index contributed by atoms with van der Waals surface area (Å²) < 4.78 is -0.112. The molecule has 5 heteroatoms. The van der Waals surface area contributed by atoms with Crippen molar-refractivity contribution >= 4 is 67.2 Å². The fourth-order valence-electron chi connectivity index (χ4n) is 1.64. The molecule has 0 aliphatic carbocycles. The maximum atomic E-state index is 6.14. The van der Waals surface area contributed by atoms with Crippen molar-refractivity contribution < 1.29 is 0 Å². The van der Waals surface area contributed by atoms with E-state index in [9.17, 15) is 0 Å². The van der Waals surface area contributed by atoms with Crippen molar-refractivity contribution in [2.75, 3.05) is 0 Å². The number of benzene rings is 1. The Balaban J connectivity index is 2.69. The van der Waals surface area contributed by atoms with Crippen molar-refractivity contribution in [1.82, 2.24) is 4.98 Å². The van der Waals surface area contributed by atoms with Crippen LogP contribution in [0.4, 0.5) is 0 Å². The molecule has 17 heavy (non-hydrogen) atoms. The molecular formula is C12H9BrCl3N. The molecule has 0 saturated heterocycles. The molecule has 0 radical (unpaired) electrons. The highest BCUT2D eigenvalue weighted by Crippen LogP contribution is 2.40. The van der Waals surface area contributed by atoms with E-state index in [1.807, 2.05) is 18.3 Å². The smallest absolute Gasteiger partial charge is 0.140 e. The molecule has 2 rings (SSSR count). The van der Waals surface area contributed by atoms with Crippen LogP contribution in [0.25, 0.3) is 16.5 Å². The quantitative estimate of drug-likeness (QED) is 0.658. The van der Waals surface area contributed by atoms with E-state index in [1.165, 1.54) is 0 Å². The first-order chi connectivity index (χ1) is 7.80. The molecule has 0 aliphatic rings. The lowest BCUT2D eigenvalue weighted by molar-refractivity contribution is 1.15. The number of nitrogens with one attached hydrogen (secondary N) is 1. The highest BCUT2D eigenvalue weighted by Gasteiger charge is 2.24. The number of hydrogen-bond acceptors (Lipinski definition) is 0.